The fraction of sp³-hybridized carbons (Fsp3) is 0.444. The zero-order valence-corrected chi connectivity index (χ0v) is 16.2. The molecule has 0 aliphatic heterocycles. The van der Waals surface area contributed by atoms with Crippen molar-refractivity contribution in [2.45, 2.75) is 39.7 Å². The molecule has 0 spiro atoms. The molecule has 0 bridgehead atoms. The molecule has 2 unspecified atom stereocenters. The van der Waals surface area contributed by atoms with E-state index >= 15 is 0 Å². The Morgan fingerprint density at radius 1 is 1.19 bits per heavy atom. The zero-order chi connectivity index (χ0) is 19.1. The van der Waals surface area contributed by atoms with Crippen molar-refractivity contribution in [3.8, 4) is 16.3 Å². The molecule has 0 saturated heterocycles. The first-order chi connectivity index (χ1) is 12.5. The number of rotatable bonds is 8. The molecule has 2 aromatic rings. The molecule has 0 radical (unpaired) electrons. The van der Waals surface area contributed by atoms with Crippen LogP contribution in [0.5, 0.6) is 5.75 Å². The van der Waals surface area contributed by atoms with Crippen LogP contribution in [0.2, 0.25) is 0 Å². The van der Waals surface area contributed by atoms with Gasteiger partial charge in [-0.25, -0.2) is 0 Å². The Morgan fingerprint density at radius 3 is 2.46 bits per heavy atom. The zero-order valence-electron chi connectivity index (χ0n) is 15.4. The van der Waals surface area contributed by atoms with Crippen LogP contribution in [0.1, 0.15) is 33.6 Å². The van der Waals surface area contributed by atoms with Crippen LogP contribution in [-0.2, 0) is 9.59 Å². The van der Waals surface area contributed by atoms with E-state index in [9.17, 15) is 9.59 Å². The largest absolute Gasteiger partial charge is 0.497 e. The van der Waals surface area contributed by atoms with E-state index in [1.54, 1.807) is 14.0 Å². The van der Waals surface area contributed by atoms with Gasteiger partial charge in [-0.1, -0.05) is 38.5 Å². The second-order valence-electron chi connectivity index (χ2n) is 5.91. The smallest absolute Gasteiger partial charge is 0.249 e. The molecule has 1 heterocycles. The van der Waals surface area contributed by atoms with E-state index < -0.39 is 6.04 Å². The second kappa shape index (κ2) is 9.28. The molecular weight excluding hydrogens is 352 g/mol. The Hall–Kier alpha value is -2.48. The van der Waals surface area contributed by atoms with E-state index in [1.165, 1.54) is 11.3 Å². The molecule has 2 amide bonds. The Bertz CT molecular complexity index is 745. The first kappa shape index (κ1) is 19.8. The van der Waals surface area contributed by atoms with Gasteiger partial charge in [0.25, 0.3) is 0 Å². The van der Waals surface area contributed by atoms with Crippen LogP contribution < -0.4 is 15.4 Å². The van der Waals surface area contributed by atoms with Crippen LogP contribution >= 0.6 is 11.3 Å². The van der Waals surface area contributed by atoms with Gasteiger partial charge in [0.05, 0.1) is 7.11 Å². The molecule has 7 nitrogen and oxygen atoms in total. The summed E-state index contributed by atoms with van der Waals surface area (Å²) in [5.41, 5.74) is 0.890. The van der Waals surface area contributed by atoms with E-state index in [0.717, 1.165) is 17.7 Å². The monoisotopic (exact) mass is 376 g/mol. The lowest BCUT2D eigenvalue weighted by molar-refractivity contribution is -0.127. The average Bonchev–Trinajstić information content (AvgIpc) is 3.13. The number of amides is 2. The highest BCUT2D eigenvalue weighted by atomic mass is 32.1. The van der Waals surface area contributed by atoms with Crippen LogP contribution in [0.15, 0.2) is 24.3 Å². The van der Waals surface area contributed by atoms with Gasteiger partial charge in [0.2, 0.25) is 16.9 Å². The van der Waals surface area contributed by atoms with Crippen molar-refractivity contribution in [2.24, 2.45) is 5.92 Å². The maximum Gasteiger partial charge on any atom is 0.249 e. The van der Waals surface area contributed by atoms with Gasteiger partial charge in [-0.2, -0.15) is 0 Å². The summed E-state index contributed by atoms with van der Waals surface area (Å²) in [6, 6.07) is 6.85. The molecule has 1 aromatic carbocycles. The van der Waals surface area contributed by atoms with Crippen molar-refractivity contribution in [1.29, 1.82) is 0 Å². The molecule has 2 N–H and O–H groups in total. The standard InChI is InChI=1S/C18H24N4O3S/c1-5-11(3)15(19-14(23)6-2)16(24)20-18-22-21-17(26-18)12-7-9-13(25-4)10-8-12/h7-11,15H,5-6H2,1-4H3,(H,19,23)(H,20,22,24). The molecule has 0 aliphatic rings. The van der Waals surface area contributed by atoms with Crippen LogP contribution in [0.25, 0.3) is 10.6 Å². The molecule has 2 rings (SSSR count). The molecule has 8 heteroatoms. The quantitative estimate of drug-likeness (QED) is 0.738. The SMILES string of the molecule is CCC(=O)NC(C(=O)Nc1nnc(-c2ccc(OC)cc2)s1)C(C)CC. The van der Waals surface area contributed by atoms with E-state index in [1.807, 2.05) is 38.1 Å². The first-order valence-electron chi connectivity index (χ1n) is 8.56. The number of methoxy groups -OCH3 is 1. The van der Waals surface area contributed by atoms with Gasteiger partial charge in [0.1, 0.15) is 16.8 Å². The van der Waals surface area contributed by atoms with Crippen molar-refractivity contribution < 1.29 is 14.3 Å². The first-order valence-corrected chi connectivity index (χ1v) is 9.38. The highest BCUT2D eigenvalue weighted by Crippen LogP contribution is 2.28. The Balaban J connectivity index is 2.09. The average molecular weight is 376 g/mol. The molecule has 140 valence electrons. The third-order valence-corrected chi connectivity index (χ3v) is 5.01. The topological polar surface area (TPSA) is 93.2 Å². The lowest BCUT2D eigenvalue weighted by Gasteiger charge is -2.22. The summed E-state index contributed by atoms with van der Waals surface area (Å²) in [5.74, 6) is 0.342. The van der Waals surface area contributed by atoms with Gasteiger partial charge in [-0.05, 0) is 30.2 Å². The third kappa shape index (κ3) is 5.01. The number of benzene rings is 1. The third-order valence-electron chi connectivity index (χ3n) is 4.13. The molecule has 1 aromatic heterocycles. The number of ether oxygens (including phenoxy) is 1. The normalized spacial score (nSPS) is 12.9. The van der Waals surface area contributed by atoms with E-state index in [4.69, 9.17) is 4.74 Å². The molecule has 2 atom stereocenters. The van der Waals surface area contributed by atoms with Crippen molar-refractivity contribution in [2.75, 3.05) is 12.4 Å². The predicted molar refractivity (Wildman–Crippen MR) is 102 cm³/mol. The van der Waals surface area contributed by atoms with Gasteiger partial charge < -0.3 is 10.1 Å². The number of aromatic nitrogens is 2. The summed E-state index contributed by atoms with van der Waals surface area (Å²) in [6.45, 7) is 5.67. The van der Waals surface area contributed by atoms with Crippen molar-refractivity contribution in [3.63, 3.8) is 0 Å². The van der Waals surface area contributed by atoms with Crippen molar-refractivity contribution in [1.82, 2.24) is 15.5 Å². The van der Waals surface area contributed by atoms with Gasteiger partial charge in [-0.15, -0.1) is 10.2 Å². The summed E-state index contributed by atoms with van der Waals surface area (Å²) in [6.07, 6.45) is 1.11. The second-order valence-corrected chi connectivity index (χ2v) is 6.89. The van der Waals surface area contributed by atoms with E-state index in [0.29, 0.717) is 16.6 Å². The maximum absolute atomic E-state index is 12.6. The number of hydrogen-bond donors (Lipinski definition) is 2. The minimum absolute atomic E-state index is 0.0134. The molecule has 0 aliphatic carbocycles. The van der Waals surface area contributed by atoms with Crippen LogP contribution in [-0.4, -0.2) is 35.2 Å². The van der Waals surface area contributed by atoms with Crippen molar-refractivity contribution >= 4 is 28.3 Å². The predicted octanol–water partition coefficient (Wildman–Crippen LogP) is 3.09. The summed E-state index contributed by atoms with van der Waals surface area (Å²) >= 11 is 1.28. The minimum Gasteiger partial charge on any atom is -0.497 e. The lowest BCUT2D eigenvalue weighted by atomic mass is 9.98. The lowest BCUT2D eigenvalue weighted by Crippen LogP contribution is -2.47. The number of carbonyl (C=O) groups excluding carboxylic acids is 2. The Morgan fingerprint density at radius 2 is 1.88 bits per heavy atom. The van der Waals surface area contributed by atoms with Gasteiger partial charge >= 0.3 is 0 Å². The van der Waals surface area contributed by atoms with Gasteiger partial charge in [-0.3, -0.25) is 14.9 Å². The van der Waals surface area contributed by atoms with Gasteiger partial charge in [0.15, 0.2) is 0 Å². The van der Waals surface area contributed by atoms with Crippen LogP contribution in [0.3, 0.4) is 0 Å². The number of carbonyl (C=O) groups is 2. The Labute approximate surface area is 157 Å². The number of nitrogens with one attached hydrogen (secondary N) is 2. The fourth-order valence-electron chi connectivity index (χ4n) is 2.28. The van der Waals surface area contributed by atoms with E-state index in [-0.39, 0.29) is 17.7 Å². The summed E-state index contributed by atoms with van der Waals surface area (Å²) in [4.78, 5) is 24.3. The fourth-order valence-corrected chi connectivity index (χ4v) is 3.04. The molecule has 0 saturated carbocycles. The molecule has 0 fully saturated rings. The number of hydrogen-bond acceptors (Lipinski definition) is 6. The van der Waals surface area contributed by atoms with Gasteiger partial charge in [0, 0.05) is 12.0 Å². The Kier molecular flexibility index (Phi) is 7.08. The summed E-state index contributed by atoms with van der Waals surface area (Å²) < 4.78 is 5.14. The maximum atomic E-state index is 12.6. The van der Waals surface area contributed by atoms with E-state index in [2.05, 4.69) is 20.8 Å². The van der Waals surface area contributed by atoms with Crippen molar-refractivity contribution in [3.05, 3.63) is 24.3 Å². The van der Waals surface area contributed by atoms with Crippen LogP contribution in [0.4, 0.5) is 5.13 Å². The minimum atomic E-state index is -0.596. The molecular formula is C18H24N4O3S. The number of anilines is 1. The highest BCUT2D eigenvalue weighted by molar-refractivity contribution is 7.18. The van der Waals surface area contributed by atoms with Crippen LogP contribution in [0, 0.1) is 5.92 Å². The number of nitrogens with zero attached hydrogens (tertiary/aromatic N) is 2. The summed E-state index contributed by atoms with van der Waals surface area (Å²) in [7, 11) is 1.61. The highest BCUT2D eigenvalue weighted by Gasteiger charge is 2.26. The summed E-state index contributed by atoms with van der Waals surface area (Å²) in [5, 5.41) is 14.8. The molecule has 26 heavy (non-hydrogen) atoms.